The Labute approximate surface area is 116 Å². The number of rotatable bonds is 7. The molecule has 0 aromatic carbocycles. The lowest BCUT2D eigenvalue weighted by molar-refractivity contribution is 0.545. The van der Waals surface area contributed by atoms with Gasteiger partial charge in [-0.25, -0.2) is 0 Å². The minimum atomic E-state index is 0.448. The van der Waals surface area contributed by atoms with Crippen molar-refractivity contribution in [2.45, 2.75) is 52.1 Å². The molecule has 0 bridgehead atoms. The largest absolute Gasteiger partial charge is 0.354 e. The SMILES string of the molecule is CCCCCC(C)NC(=NC)NCc1ccnn1C. The molecule has 0 radical (unpaired) electrons. The predicted molar refractivity (Wildman–Crippen MR) is 80.1 cm³/mol. The van der Waals surface area contributed by atoms with Gasteiger partial charge in [0, 0.05) is 26.3 Å². The molecule has 1 heterocycles. The number of unbranched alkanes of at least 4 members (excludes halogenated alkanes) is 2. The lowest BCUT2D eigenvalue weighted by Gasteiger charge is -2.17. The van der Waals surface area contributed by atoms with Crippen LogP contribution in [0.15, 0.2) is 17.3 Å². The summed E-state index contributed by atoms with van der Waals surface area (Å²) in [5.74, 6) is 0.852. The molecule has 1 aromatic rings. The first-order chi connectivity index (χ1) is 9.17. The first-order valence-electron chi connectivity index (χ1n) is 7.11. The van der Waals surface area contributed by atoms with Crippen molar-refractivity contribution in [3.63, 3.8) is 0 Å². The van der Waals surface area contributed by atoms with Crippen molar-refractivity contribution in [1.82, 2.24) is 20.4 Å². The summed E-state index contributed by atoms with van der Waals surface area (Å²) in [5.41, 5.74) is 1.14. The second-order valence-electron chi connectivity index (χ2n) is 4.91. The maximum absolute atomic E-state index is 4.25. The van der Waals surface area contributed by atoms with Gasteiger partial charge >= 0.3 is 0 Å². The Hall–Kier alpha value is -1.52. The van der Waals surface area contributed by atoms with Crippen LogP contribution in [0.4, 0.5) is 0 Å². The molecule has 0 saturated heterocycles. The van der Waals surface area contributed by atoms with E-state index in [0.717, 1.165) is 18.2 Å². The Morgan fingerprint density at radius 2 is 2.26 bits per heavy atom. The van der Waals surface area contributed by atoms with Crippen LogP contribution < -0.4 is 10.6 Å². The lowest BCUT2D eigenvalue weighted by Crippen LogP contribution is -2.42. The van der Waals surface area contributed by atoms with Gasteiger partial charge in [-0.15, -0.1) is 0 Å². The quantitative estimate of drug-likeness (QED) is 0.451. The summed E-state index contributed by atoms with van der Waals surface area (Å²) in [6, 6.07) is 2.45. The number of hydrogen-bond acceptors (Lipinski definition) is 2. The molecule has 5 heteroatoms. The van der Waals surface area contributed by atoms with Gasteiger partial charge in [-0.3, -0.25) is 9.67 Å². The molecule has 19 heavy (non-hydrogen) atoms. The number of guanidine groups is 1. The molecule has 0 aliphatic carbocycles. The van der Waals surface area contributed by atoms with Crippen molar-refractivity contribution in [3.05, 3.63) is 18.0 Å². The molecule has 0 aliphatic heterocycles. The molecule has 1 rings (SSSR count). The zero-order valence-electron chi connectivity index (χ0n) is 12.6. The first kappa shape index (κ1) is 15.5. The van der Waals surface area contributed by atoms with Crippen LogP contribution in [-0.4, -0.2) is 28.8 Å². The summed E-state index contributed by atoms with van der Waals surface area (Å²) in [6.45, 7) is 5.16. The third-order valence-corrected chi connectivity index (χ3v) is 3.21. The Morgan fingerprint density at radius 3 is 2.84 bits per heavy atom. The summed E-state index contributed by atoms with van der Waals surface area (Å²) < 4.78 is 1.87. The van der Waals surface area contributed by atoms with E-state index in [1.54, 1.807) is 13.2 Å². The smallest absolute Gasteiger partial charge is 0.191 e. The molecule has 0 saturated carbocycles. The van der Waals surface area contributed by atoms with Crippen LogP contribution in [0.1, 0.15) is 45.2 Å². The van der Waals surface area contributed by atoms with Gasteiger partial charge in [0.05, 0.1) is 12.2 Å². The molecule has 0 fully saturated rings. The highest BCUT2D eigenvalue weighted by molar-refractivity contribution is 5.79. The van der Waals surface area contributed by atoms with Gasteiger partial charge in [0.15, 0.2) is 5.96 Å². The molecule has 5 nitrogen and oxygen atoms in total. The highest BCUT2D eigenvalue weighted by Gasteiger charge is 2.05. The van der Waals surface area contributed by atoms with Gasteiger partial charge in [-0.1, -0.05) is 26.2 Å². The maximum atomic E-state index is 4.25. The Bertz CT molecular complexity index is 383. The van der Waals surface area contributed by atoms with E-state index in [1.807, 2.05) is 17.8 Å². The molecule has 0 spiro atoms. The van der Waals surface area contributed by atoms with Gasteiger partial charge in [0.2, 0.25) is 0 Å². The first-order valence-corrected chi connectivity index (χ1v) is 7.11. The van der Waals surface area contributed by atoms with Crippen LogP contribution in [0, 0.1) is 0 Å². The van der Waals surface area contributed by atoms with Crippen LogP contribution in [0.25, 0.3) is 0 Å². The summed E-state index contributed by atoms with van der Waals surface area (Å²) in [4.78, 5) is 4.25. The third kappa shape index (κ3) is 5.77. The summed E-state index contributed by atoms with van der Waals surface area (Å²) in [7, 11) is 3.75. The average Bonchev–Trinajstić information content (AvgIpc) is 2.80. The second-order valence-corrected chi connectivity index (χ2v) is 4.91. The highest BCUT2D eigenvalue weighted by Crippen LogP contribution is 2.02. The Morgan fingerprint density at radius 1 is 1.47 bits per heavy atom. The van der Waals surface area contributed by atoms with Gasteiger partial charge < -0.3 is 10.6 Å². The van der Waals surface area contributed by atoms with E-state index in [2.05, 4.69) is 34.6 Å². The number of aryl methyl sites for hydroxylation is 1. The van der Waals surface area contributed by atoms with E-state index in [9.17, 15) is 0 Å². The topological polar surface area (TPSA) is 54.2 Å². The van der Waals surface area contributed by atoms with E-state index >= 15 is 0 Å². The molecule has 0 aliphatic rings. The van der Waals surface area contributed by atoms with Crippen LogP contribution in [0.5, 0.6) is 0 Å². The lowest BCUT2D eigenvalue weighted by atomic mass is 10.1. The number of aromatic nitrogens is 2. The summed E-state index contributed by atoms with van der Waals surface area (Å²) in [6.07, 6.45) is 6.82. The predicted octanol–water partition coefficient (Wildman–Crippen LogP) is 2.05. The van der Waals surface area contributed by atoms with Crippen molar-refractivity contribution in [2.24, 2.45) is 12.0 Å². The van der Waals surface area contributed by atoms with Gasteiger partial charge in [-0.05, 0) is 19.4 Å². The molecular formula is C14H27N5. The van der Waals surface area contributed by atoms with E-state index in [4.69, 9.17) is 0 Å². The highest BCUT2D eigenvalue weighted by atomic mass is 15.3. The molecule has 108 valence electrons. The molecule has 1 aromatic heterocycles. The number of nitrogens with zero attached hydrogens (tertiary/aromatic N) is 3. The number of nitrogens with one attached hydrogen (secondary N) is 2. The fourth-order valence-corrected chi connectivity index (χ4v) is 1.95. The summed E-state index contributed by atoms with van der Waals surface area (Å²) in [5, 5.41) is 10.9. The molecular weight excluding hydrogens is 238 g/mol. The van der Waals surface area contributed by atoms with Crippen LogP contribution in [0.3, 0.4) is 0 Å². The van der Waals surface area contributed by atoms with Crippen molar-refractivity contribution in [2.75, 3.05) is 7.05 Å². The van der Waals surface area contributed by atoms with Gasteiger partial charge in [0.25, 0.3) is 0 Å². The molecule has 2 N–H and O–H groups in total. The van der Waals surface area contributed by atoms with Crippen molar-refractivity contribution in [1.29, 1.82) is 0 Å². The van der Waals surface area contributed by atoms with Crippen LogP contribution >= 0.6 is 0 Å². The molecule has 1 atom stereocenters. The Balaban J connectivity index is 2.32. The van der Waals surface area contributed by atoms with E-state index in [-0.39, 0.29) is 0 Å². The number of hydrogen-bond donors (Lipinski definition) is 2. The zero-order chi connectivity index (χ0) is 14.1. The second kappa shape index (κ2) is 8.56. The maximum Gasteiger partial charge on any atom is 0.191 e. The van der Waals surface area contributed by atoms with Crippen molar-refractivity contribution < 1.29 is 0 Å². The minimum Gasteiger partial charge on any atom is -0.354 e. The monoisotopic (exact) mass is 265 g/mol. The van der Waals surface area contributed by atoms with Crippen LogP contribution in [0.2, 0.25) is 0 Å². The van der Waals surface area contributed by atoms with Crippen molar-refractivity contribution >= 4 is 5.96 Å². The normalized spacial score (nSPS) is 13.4. The molecule has 1 unspecified atom stereocenters. The van der Waals surface area contributed by atoms with E-state index in [1.165, 1.54) is 25.7 Å². The summed E-state index contributed by atoms with van der Waals surface area (Å²) >= 11 is 0. The average molecular weight is 265 g/mol. The van der Waals surface area contributed by atoms with E-state index < -0.39 is 0 Å². The van der Waals surface area contributed by atoms with Crippen LogP contribution in [-0.2, 0) is 13.6 Å². The van der Waals surface area contributed by atoms with E-state index in [0.29, 0.717) is 6.04 Å². The fraction of sp³-hybridized carbons (Fsp3) is 0.714. The fourth-order valence-electron chi connectivity index (χ4n) is 1.95. The van der Waals surface area contributed by atoms with Gasteiger partial charge in [-0.2, -0.15) is 5.10 Å². The standard InChI is InChI=1S/C14H27N5/c1-5-6-7-8-12(2)18-14(15-3)16-11-13-9-10-17-19(13)4/h9-10,12H,5-8,11H2,1-4H3,(H2,15,16,18). The zero-order valence-corrected chi connectivity index (χ0v) is 12.6. The minimum absolute atomic E-state index is 0.448. The number of aliphatic imine (C=N–C) groups is 1. The third-order valence-electron chi connectivity index (χ3n) is 3.21. The van der Waals surface area contributed by atoms with Crippen molar-refractivity contribution in [3.8, 4) is 0 Å². The van der Waals surface area contributed by atoms with Gasteiger partial charge in [0.1, 0.15) is 0 Å². The molecule has 0 amide bonds. The Kier molecular flexibility index (Phi) is 7.00.